The summed E-state index contributed by atoms with van der Waals surface area (Å²) in [5, 5.41) is 8.75. The van der Waals surface area contributed by atoms with E-state index in [0.717, 1.165) is 12.8 Å². The molecule has 0 saturated heterocycles. The molecule has 0 radical (unpaired) electrons. The quantitative estimate of drug-likeness (QED) is 0.687. The van der Waals surface area contributed by atoms with Crippen LogP contribution in [0.25, 0.3) is 0 Å². The first-order valence-electron chi connectivity index (χ1n) is 4.95. The van der Waals surface area contributed by atoms with Crippen molar-refractivity contribution in [3.05, 3.63) is 0 Å². The lowest BCUT2D eigenvalue weighted by molar-refractivity contribution is -0.139. The highest BCUT2D eigenvalue weighted by Crippen LogP contribution is 2.37. The van der Waals surface area contributed by atoms with Crippen molar-refractivity contribution in [2.75, 3.05) is 0 Å². The molecule has 0 aromatic carbocycles. The first-order chi connectivity index (χ1) is 5.94. The fraction of sp³-hybridized carbons (Fsp3) is 0.900. The van der Waals surface area contributed by atoms with E-state index in [1.165, 1.54) is 6.42 Å². The molecular weight excluding hydrogens is 166 g/mol. The topological polar surface area (TPSA) is 63.3 Å². The van der Waals surface area contributed by atoms with Gasteiger partial charge in [-0.15, -0.1) is 0 Å². The van der Waals surface area contributed by atoms with Crippen molar-refractivity contribution in [3.8, 4) is 0 Å². The Bertz CT molecular complexity index is 205. The highest BCUT2D eigenvalue weighted by Gasteiger charge is 2.38. The minimum Gasteiger partial charge on any atom is -0.481 e. The lowest BCUT2D eigenvalue weighted by Crippen LogP contribution is -2.51. The maximum absolute atomic E-state index is 10.6. The van der Waals surface area contributed by atoms with Gasteiger partial charge in [0.2, 0.25) is 0 Å². The summed E-state index contributed by atoms with van der Waals surface area (Å²) in [4.78, 5) is 10.6. The van der Waals surface area contributed by atoms with E-state index in [1.807, 2.05) is 0 Å². The molecule has 3 atom stereocenters. The average molecular weight is 185 g/mol. The summed E-state index contributed by atoms with van der Waals surface area (Å²) >= 11 is 0. The first-order valence-corrected chi connectivity index (χ1v) is 4.95. The van der Waals surface area contributed by atoms with Crippen LogP contribution in [0, 0.1) is 11.8 Å². The van der Waals surface area contributed by atoms with Crippen molar-refractivity contribution in [2.24, 2.45) is 17.6 Å². The molecule has 0 aliphatic heterocycles. The first kappa shape index (κ1) is 10.5. The summed E-state index contributed by atoms with van der Waals surface area (Å²) < 4.78 is 0. The molecule has 0 amide bonds. The van der Waals surface area contributed by atoms with E-state index in [-0.39, 0.29) is 6.42 Å². The van der Waals surface area contributed by atoms with E-state index < -0.39 is 11.5 Å². The molecule has 0 heterocycles. The number of carboxylic acid groups (broad SMARTS) is 1. The molecule has 3 unspecified atom stereocenters. The van der Waals surface area contributed by atoms with Crippen LogP contribution in [0.15, 0.2) is 0 Å². The van der Waals surface area contributed by atoms with Crippen LogP contribution in [0.4, 0.5) is 0 Å². The van der Waals surface area contributed by atoms with E-state index in [0.29, 0.717) is 11.8 Å². The standard InChI is InChI=1S/C10H19NO2/c1-7-3-4-8(2)10(11,5-7)6-9(12)13/h7-8H,3-6,11H2,1-2H3,(H,12,13). The molecule has 0 spiro atoms. The number of hydrogen-bond donors (Lipinski definition) is 2. The SMILES string of the molecule is CC1CCC(C)C(N)(CC(=O)O)C1. The minimum absolute atomic E-state index is 0.110. The average Bonchev–Trinajstić information content (AvgIpc) is 1.95. The minimum atomic E-state index is -0.775. The van der Waals surface area contributed by atoms with Crippen molar-refractivity contribution < 1.29 is 9.90 Å². The molecule has 0 aromatic heterocycles. The van der Waals surface area contributed by atoms with E-state index in [9.17, 15) is 4.79 Å². The van der Waals surface area contributed by atoms with E-state index in [1.54, 1.807) is 0 Å². The van der Waals surface area contributed by atoms with Gasteiger partial charge in [0.05, 0.1) is 6.42 Å². The summed E-state index contributed by atoms with van der Waals surface area (Å²) in [7, 11) is 0. The van der Waals surface area contributed by atoms with Gasteiger partial charge in [0.25, 0.3) is 0 Å². The van der Waals surface area contributed by atoms with Gasteiger partial charge >= 0.3 is 5.97 Å². The smallest absolute Gasteiger partial charge is 0.305 e. The van der Waals surface area contributed by atoms with Gasteiger partial charge in [0, 0.05) is 5.54 Å². The monoisotopic (exact) mass is 185 g/mol. The highest BCUT2D eigenvalue weighted by molar-refractivity contribution is 5.68. The number of aliphatic carboxylic acids is 1. The lowest BCUT2D eigenvalue weighted by atomic mass is 9.69. The largest absolute Gasteiger partial charge is 0.481 e. The van der Waals surface area contributed by atoms with Crippen LogP contribution in [-0.4, -0.2) is 16.6 Å². The van der Waals surface area contributed by atoms with Crippen LogP contribution in [-0.2, 0) is 4.79 Å². The van der Waals surface area contributed by atoms with Crippen LogP contribution in [0.5, 0.6) is 0 Å². The maximum atomic E-state index is 10.6. The second kappa shape index (κ2) is 3.66. The van der Waals surface area contributed by atoms with Crippen LogP contribution in [0.2, 0.25) is 0 Å². The fourth-order valence-electron chi connectivity index (χ4n) is 2.30. The molecular formula is C10H19NO2. The second-order valence-electron chi connectivity index (χ2n) is 4.59. The third-order valence-electron chi connectivity index (χ3n) is 3.28. The Kier molecular flexibility index (Phi) is 2.96. The van der Waals surface area contributed by atoms with Crippen LogP contribution in [0.1, 0.15) is 39.5 Å². The summed E-state index contributed by atoms with van der Waals surface area (Å²) in [6, 6.07) is 0. The fourth-order valence-corrected chi connectivity index (χ4v) is 2.30. The van der Waals surface area contributed by atoms with Gasteiger partial charge < -0.3 is 10.8 Å². The molecule has 1 aliphatic carbocycles. The molecule has 3 N–H and O–H groups in total. The Hall–Kier alpha value is -0.570. The summed E-state index contributed by atoms with van der Waals surface area (Å²) in [6.45, 7) is 4.21. The van der Waals surface area contributed by atoms with Gasteiger partial charge in [-0.2, -0.15) is 0 Å². The molecule has 0 bridgehead atoms. The molecule has 1 aliphatic rings. The van der Waals surface area contributed by atoms with Gasteiger partial charge in [-0.1, -0.05) is 20.3 Å². The van der Waals surface area contributed by atoms with Crippen LogP contribution >= 0.6 is 0 Å². The van der Waals surface area contributed by atoms with Crippen molar-refractivity contribution in [1.29, 1.82) is 0 Å². The zero-order valence-electron chi connectivity index (χ0n) is 8.42. The summed E-state index contributed by atoms with van der Waals surface area (Å²) in [5.74, 6) is 0.129. The zero-order chi connectivity index (χ0) is 10.1. The third kappa shape index (κ3) is 2.44. The van der Waals surface area contributed by atoms with Gasteiger partial charge in [-0.25, -0.2) is 0 Å². The number of hydrogen-bond acceptors (Lipinski definition) is 2. The van der Waals surface area contributed by atoms with Crippen LogP contribution in [0.3, 0.4) is 0 Å². The van der Waals surface area contributed by atoms with Gasteiger partial charge in [-0.05, 0) is 24.7 Å². The molecule has 13 heavy (non-hydrogen) atoms. The Morgan fingerprint density at radius 1 is 1.54 bits per heavy atom. The normalized spacial score (nSPS) is 40.2. The summed E-state index contributed by atoms with van der Waals surface area (Å²) in [6.07, 6.45) is 3.20. The molecule has 1 fully saturated rings. The van der Waals surface area contributed by atoms with E-state index >= 15 is 0 Å². The van der Waals surface area contributed by atoms with Gasteiger partial charge in [-0.3, -0.25) is 4.79 Å². The van der Waals surface area contributed by atoms with Crippen molar-refractivity contribution in [1.82, 2.24) is 0 Å². The Balaban J connectivity index is 2.66. The number of carboxylic acids is 1. The lowest BCUT2D eigenvalue weighted by Gasteiger charge is -2.41. The molecule has 3 heteroatoms. The predicted octanol–water partition coefficient (Wildman–Crippen LogP) is 1.61. The van der Waals surface area contributed by atoms with Gasteiger partial charge in [0.1, 0.15) is 0 Å². The molecule has 3 nitrogen and oxygen atoms in total. The van der Waals surface area contributed by atoms with Crippen molar-refractivity contribution in [2.45, 2.75) is 45.1 Å². The van der Waals surface area contributed by atoms with E-state index in [2.05, 4.69) is 13.8 Å². The van der Waals surface area contributed by atoms with Crippen molar-refractivity contribution >= 4 is 5.97 Å². The number of carbonyl (C=O) groups is 1. The third-order valence-corrected chi connectivity index (χ3v) is 3.28. The Morgan fingerprint density at radius 3 is 2.69 bits per heavy atom. The Labute approximate surface area is 79.3 Å². The molecule has 76 valence electrons. The Morgan fingerprint density at radius 2 is 2.15 bits per heavy atom. The van der Waals surface area contributed by atoms with Gasteiger partial charge in [0.15, 0.2) is 0 Å². The van der Waals surface area contributed by atoms with E-state index in [4.69, 9.17) is 10.8 Å². The number of rotatable bonds is 2. The predicted molar refractivity (Wildman–Crippen MR) is 51.4 cm³/mol. The van der Waals surface area contributed by atoms with Crippen LogP contribution < -0.4 is 5.73 Å². The highest BCUT2D eigenvalue weighted by atomic mass is 16.4. The van der Waals surface area contributed by atoms with Crippen molar-refractivity contribution in [3.63, 3.8) is 0 Å². The second-order valence-corrected chi connectivity index (χ2v) is 4.59. The summed E-state index contributed by atoms with van der Waals surface area (Å²) in [5.41, 5.74) is 5.64. The molecule has 1 rings (SSSR count). The molecule has 1 saturated carbocycles. The number of nitrogens with two attached hydrogens (primary N) is 1. The zero-order valence-corrected chi connectivity index (χ0v) is 8.42. The maximum Gasteiger partial charge on any atom is 0.305 e. The molecule has 0 aromatic rings.